The fraction of sp³-hybridized carbons (Fsp3) is 0.818. The summed E-state index contributed by atoms with van der Waals surface area (Å²) in [5, 5.41) is 7.28. The van der Waals surface area contributed by atoms with Gasteiger partial charge in [0, 0.05) is 25.7 Å². The second kappa shape index (κ2) is 8.35. The van der Waals surface area contributed by atoms with Crippen LogP contribution < -0.4 is 10.6 Å². The van der Waals surface area contributed by atoms with Crippen LogP contribution in [-0.2, 0) is 0 Å². The molecule has 0 saturated heterocycles. The van der Waals surface area contributed by atoms with Gasteiger partial charge in [-0.25, -0.2) is 4.39 Å². The minimum atomic E-state index is -0.805. The third-order valence-electron chi connectivity index (χ3n) is 6.57. The second-order valence-electron chi connectivity index (χ2n) is 9.18. The van der Waals surface area contributed by atoms with E-state index in [0.29, 0.717) is 23.8 Å². The highest BCUT2D eigenvalue weighted by atomic mass is 19.1. The molecule has 4 aliphatic carbocycles. The molecule has 0 spiro atoms. The van der Waals surface area contributed by atoms with Crippen molar-refractivity contribution in [2.45, 2.75) is 77.4 Å². The summed E-state index contributed by atoms with van der Waals surface area (Å²) in [4.78, 5) is 0. The number of allylic oxidation sites excluding steroid dienone is 3. The molecule has 4 saturated carbocycles. The Hall–Kier alpha value is -0.670. The molecular weight excluding hydrogens is 311 g/mol. The number of rotatable bonds is 9. The van der Waals surface area contributed by atoms with Crippen LogP contribution in [-0.4, -0.2) is 31.3 Å². The molecule has 4 aliphatic rings. The fourth-order valence-corrected chi connectivity index (χ4v) is 5.62. The summed E-state index contributed by atoms with van der Waals surface area (Å²) >= 11 is 0. The summed E-state index contributed by atoms with van der Waals surface area (Å²) in [5.74, 6) is 1.86. The van der Waals surface area contributed by atoms with Crippen molar-refractivity contribution >= 4 is 0 Å². The molecule has 142 valence electrons. The van der Waals surface area contributed by atoms with E-state index in [2.05, 4.69) is 43.6 Å². The van der Waals surface area contributed by atoms with Crippen molar-refractivity contribution < 1.29 is 4.39 Å². The highest BCUT2D eigenvalue weighted by molar-refractivity contribution is 5.08. The standard InChI is InChI=1S/C22H37FN2/c1-16(2)5-4-6-17(3)7-8-24-9-10-25-21-19-11-18-12-20(21)15-22(23,13-18)14-19/h5,7,18-21,24-25H,4,6,8-15H2,1-3H3/b17-7+. The van der Waals surface area contributed by atoms with Crippen LogP contribution in [0.2, 0.25) is 0 Å². The van der Waals surface area contributed by atoms with Crippen LogP contribution in [0.4, 0.5) is 4.39 Å². The summed E-state index contributed by atoms with van der Waals surface area (Å²) in [5.41, 5.74) is 2.06. The lowest BCUT2D eigenvalue weighted by atomic mass is 9.53. The van der Waals surface area contributed by atoms with Gasteiger partial charge < -0.3 is 10.6 Å². The highest BCUT2D eigenvalue weighted by Crippen LogP contribution is 2.57. The first-order valence-corrected chi connectivity index (χ1v) is 10.4. The summed E-state index contributed by atoms with van der Waals surface area (Å²) in [7, 11) is 0. The molecule has 4 rings (SSSR count). The first kappa shape index (κ1) is 19.1. The van der Waals surface area contributed by atoms with E-state index in [1.165, 1.54) is 24.0 Å². The van der Waals surface area contributed by atoms with Crippen LogP contribution in [0.15, 0.2) is 23.3 Å². The number of nitrogens with one attached hydrogen (secondary N) is 2. The van der Waals surface area contributed by atoms with Gasteiger partial charge >= 0.3 is 0 Å². The predicted molar refractivity (Wildman–Crippen MR) is 104 cm³/mol. The van der Waals surface area contributed by atoms with Crippen molar-refractivity contribution in [1.82, 2.24) is 10.6 Å². The monoisotopic (exact) mass is 348 g/mol. The average Bonchev–Trinajstić information content (AvgIpc) is 2.50. The molecule has 0 amide bonds. The van der Waals surface area contributed by atoms with E-state index in [0.717, 1.165) is 51.7 Å². The molecule has 0 aromatic rings. The zero-order valence-corrected chi connectivity index (χ0v) is 16.4. The molecule has 2 unspecified atom stereocenters. The van der Waals surface area contributed by atoms with Gasteiger partial charge in [-0.15, -0.1) is 0 Å². The molecular formula is C22H37FN2. The Labute approximate surface area is 153 Å². The van der Waals surface area contributed by atoms with Gasteiger partial charge in [-0.3, -0.25) is 0 Å². The summed E-state index contributed by atoms with van der Waals surface area (Å²) in [6.45, 7) is 9.49. The Kier molecular flexibility index (Phi) is 6.38. The Morgan fingerprint density at radius 2 is 1.76 bits per heavy atom. The highest BCUT2D eigenvalue weighted by Gasteiger charge is 2.55. The van der Waals surface area contributed by atoms with Crippen molar-refractivity contribution in [3.63, 3.8) is 0 Å². The molecule has 3 heteroatoms. The molecule has 0 aromatic carbocycles. The van der Waals surface area contributed by atoms with Gasteiger partial charge in [0.15, 0.2) is 0 Å². The second-order valence-corrected chi connectivity index (χ2v) is 9.18. The van der Waals surface area contributed by atoms with Crippen LogP contribution in [0.5, 0.6) is 0 Å². The van der Waals surface area contributed by atoms with Gasteiger partial charge in [0.05, 0.1) is 0 Å². The Balaban J connectivity index is 1.30. The van der Waals surface area contributed by atoms with E-state index in [-0.39, 0.29) is 0 Å². The molecule has 0 aliphatic heterocycles. The first-order chi connectivity index (χ1) is 12.0. The Bertz CT molecular complexity index is 490. The van der Waals surface area contributed by atoms with Gasteiger partial charge in [0.1, 0.15) is 5.67 Å². The van der Waals surface area contributed by atoms with Crippen LogP contribution >= 0.6 is 0 Å². The molecule has 2 nitrogen and oxygen atoms in total. The lowest BCUT2D eigenvalue weighted by Crippen LogP contribution is -2.59. The lowest BCUT2D eigenvalue weighted by molar-refractivity contribution is -0.0925. The summed E-state index contributed by atoms with van der Waals surface area (Å²) < 4.78 is 14.7. The number of halogens is 1. The molecule has 0 heterocycles. The SMILES string of the molecule is CC(C)=CCC/C(C)=C/CNCCNC1C2CC3CC1CC(F)(C3)C2. The van der Waals surface area contributed by atoms with E-state index in [9.17, 15) is 4.39 Å². The van der Waals surface area contributed by atoms with Gasteiger partial charge in [0.25, 0.3) is 0 Å². The molecule has 0 radical (unpaired) electrons. The van der Waals surface area contributed by atoms with Gasteiger partial charge in [-0.05, 0) is 83.5 Å². The fourth-order valence-electron chi connectivity index (χ4n) is 5.62. The topological polar surface area (TPSA) is 24.1 Å². The van der Waals surface area contributed by atoms with Crippen LogP contribution in [0.1, 0.15) is 65.7 Å². The number of hydrogen-bond donors (Lipinski definition) is 2. The molecule has 4 bridgehead atoms. The number of alkyl halides is 1. The van der Waals surface area contributed by atoms with Crippen molar-refractivity contribution in [1.29, 1.82) is 0 Å². The Morgan fingerprint density at radius 1 is 1.04 bits per heavy atom. The van der Waals surface area contributed by atoms with E-state index in [1.807, 2.05) is 0 Å². The van der Waals surface area contributed by atoms with Crippen molar-refractivity contribution in [3.8, 4) is 0 Å². The maximum Gasteiger partial charge on any atom is 0.112 e. The van der Waals surface area contributed by atoms with Gasteiger partial charge in [-0.2, -0.15) is 0 Å². The van der Waals surface area contributed by atoms with Crippen LogP contribution in [0.3, 0.4) is 0 Å². The van der Waals surface area contributed by atoms with E-state index in [1.54, 1.807) is 0 Å². The van der Waals surface area contributed by atoms with E-state index < -0.39 is 5.67 Å². The van der Waals surface area contributed by atoms with Crippen LogP contribution in [0, 0.1) is 17.8 Å². The first-order valence-electron chi connectivity index (χ1n) is 10.4. The normalized spacial score (nSPS) is 36.7. The molecule has 4 fully saturated rings. The van der Waals surface area contributed by atoms with Crippen molar-refractivity contribution in [2.75, 3.05) is 19.6 Å². The molecule has 0 aromatic heterocycles. The summed E-state index contributed by atoms with van der Waals surface area (Å²) in [6, 6.07) is 0.573. The minimum Gasteiger partial charge on any atom is -0.312 e. The maximum atomic E-state index is 14.7. The third-order valence-corrected chi connectivity index (χ3v) is 6.57. The smallest absolute Gasteiger partial charge is 0.112 e. The minimum absolute atomic E-state index is 0.573. The van der Waals surface area contributed by atoms with E-state index >= 15 is 0 Å². The van der Waals surface area contributed by atoms with Crippen molar-refractivity contribution in [2.24, 2.45) is 17.8 Å². The maximum absolute atomic E-state index is 14.7. The summed E-state index contributed by atoms with van der Waals surface area (Å²) in [6.07, 6.45) is 11.9. The van der Waals surface area contributed by atoms with Crippen LogP contribution in [0.25, 0.3) is 0 Å². The van der Waals surface area contributed by atoms with Gasteiger partial charge in [0.2, 0.25) is 0 Å². The van der Waals surface area contributed by atoms with E-state index in [4.69, 9.17) is 0 Å². The lowest BCUT2D eigenvalue weighted by Gasteiger charge is -2.57. The molecule has 2 atom stereocenters. The zero-order valence-electron chi connectivity index (χ0n) is 16.4. The third kappa shape index (κ3) is 5.17. The Morgan fingerprint density at radius 3 is 2.40 bits per heavy atom. The predicted octanol–water partition coefficient (Wildman–Crippen LogP) is 4.78. The number of hydrogen-bond acceptors (Lipinski definition) is 2. The quantitative estimate of drug-likeness (QED) is 0.463. The largest absolute Gasteiger partial charge is 0.312 e. The average molecular weight is 349 g/mol. The molecule has 25 heavy (non-hydrogen) atoms. The van der Waals surface area contributed by atoms with Crippen molar-refractivity contribution in [3.05, 3.63) is 23.3 Å². The molecule has 2 N–H and O–H groups in total. The zero-order chi connectivity index (χ0) is 17.9. The van der Waals surface area contributed by atoms with Gasteiger partial charge in [-0.1, -0.05) is 23.3 Å².